The molecular weight excluding hydrogens is 218 g/mol. The molecule has 0 aliphatic heterocycles. The molecule has 0 aromatic carbocycles. The zero-order chi connectivity index (χ0) is 8.04. The van der Waals surface area contributed by atoms with Crippen LogP contribution < -0.4 is 0 Å². The summed E-state index contributed by atoms with van der Waals surface area (Å²) >= 11 is 0. The third kappa shape index (κ3) is 8.69. The lowest BCUT2D eigenvalue weighted by molar-refractivity contribution is -0.128. The van der Waals surface area contributed by atoms with Gasteiger partial charge < -0.3 is 4.74 Å². The van der Waals surface area contributed by atoms with Crippen molar-refractivity contribution in [2.24, 2.45) is 0 Å². The average molecular weight is 226 g/mol. The maximum Gasteiger partial charge on any atom is 0.293 e. The molecule has 0 aliphatic carbocycles. The van der Waals surface area contributed by atoms with E-state index in [1.54, 1.807) is 0 Å². The quantitative estimate of drug-likeness (QED) is 0.531. The maximum atomic E-state index is 9.61. The summed E-state index contributed by atoms with van der Waals surface area (Å²) in [5.74, 6) is 0.478. The highest BCUT2D eigenvalue weighted by molar-refractivity contribution is 8.79. The van der Waals surface area contributed by atoms with Crippen LogP contribution in [0.2, 0.25) is 0 Å². The van der Waals surface area contributed by atoms with Gasteiger partial charge in [-0.1, -0.05) is 0 Å². The molecule has 2 nitrogen and oxygen atoms in total. The van der Waals surface area contributed by atoms with Crippen molar-refractivity contribution in [2.75, 3.05) is 12.4 Å². The van der Waals surface area contributed by atoms with Crippen molar-refractivity contribution < 1.29 is 9.53 Å². The number of hydrogen-bond donors (Lipinski definition) is 0. The van der Waals surface area contributed by atoms with E-state index in [1.165, 1.54) is 0 Å². The third-order valence-corrected chi connectivity index (χ3v) is 2.85. The molecule has 0 radical (unpaired) electrons. The minimum absolute atomic E-state index is 0.324. The highest BCUT2D eigenvalue weighted by atomic mass is 36.2. The first-order valence-electron chi connectivity index (χ1n) is 2.51. The lowest BCUT2D eigenvalue weighted by atomic mass is 10.5. The standard InChI is InChI=1S/C4H7Cl3O2S/c5-10(6,7)3-1-2-9-4-8/h4H,1-3H2. The lowest BCUT2D eigenvalue weighted by Gasteiger charge is -2.13. The maximum absolute atomic E-state index is 9.61. The number of halogens is 3. The molecule has 62 valence electrons. The Kier molecular flexibility index (Phi) is 5.72. The Balaban J connectivity index is 3.12. The van der Waals surface area contributed by atoms with Gasteiger partial charge in [-0.3, -0.25) is 4.79 Å². The number of carbonyl (C=O) groups excluding carboxylic acids is 1. The van der Waals surface area contributed by atoms with Gasteiger partial charge in [-0.25, -0.2) is 0 Å². The van der Waals surface area contributed by atoms with E-state index < -0.39 is 7.67 Å². The predicted octanol–water partition coefficient (Wildman–Crippen LogP) is 2.82. The van der Waals surface area contributed by atoms with E-state index >= 15 is 0 Å². The second kappa shape index (κ2) is 5.35. The van der Waals surface area contributed by atoms with Gasteiger partial charge in [-0.05, 0) is 46.1 Å². The SMILES string of the molecule is O=COCCCS(Cl)(Cl)Cl. The van der Waals surface area contributed by atoms with Gasteiger partial charge in [0.05, 0.1) is 6.61 Å². The van der Waals surface area contributed by atoms with Crippen LogP contribution >= 0.6 is 39.7 Å². The summed E-state index contributed by atoms with van der Waals surface area (Å²) < 4.78 is 4.39. The van der Waals surface area contributed by atoms with Crippen molar-refractivity contribution in [3.8, 4) is 0 Å². The number of carbonyl (C=O) groups is 1. The largest absolute Gasteiger partial charge is 0.468 e. The first-order valence-corrected chi connectivity index (χ1v) is 6.79. The summed E-state index contributed by atoms with van der Waals surface area (Å²) in [7, 11) is 14.5. The van der Waals surface area contributed by atoms with Crippen molar-refractivity contribution in [3.05, 3.63) is 0 Å². The third-order valence-electron chi connectivity index (χ3n) is 0.706. The van der Waals surface area contributed by atoms with Crippen molar-refractivity contribution >= 4 is 46.2 Å². The van der Waals surface area contributed by atoms with Gasteiger partial charge in [0.1, 0.15) is 0 Å². The van der Waals surface area contributed by atoms with Gasteiger partial charge in [0.25, 0.3) is 6.47 Å². The molecule has 0 N–H and O–H groups in total. The molecule has 0 heterocycles. The summed E-state index contributed by atoms with van der Waals surface area (Å²) in [5.41, 5.74) is 0. The van der Waals surface area contributed by atoms with Crippen LogP contribution in [-0.2, 0) is 9.53 Å². The molecule has 0 rings (SSSR count). The predicted molar refractivity (Wildman–Crippen MR) is 46.7 cm³/mol. The fourth-order valence-electron chi connectivity index (χ4n) is 0.354. The molecule has 0 saturated carbocycles. The number of rotatable bonds is 5. The van der Waals surface area contributed by atoms with E-state index in [4.69, 9.17) is 32.0 Å². The van der Waals surface area contributed by atoms with Gasteiger partial charge in [0, 0.05) is 5.75 Å². The Morgan fingerprint density at radius 1 is 1.40 bits per heavy atom. The van der Waals surface area contributed by atoms with Crippen LogP contribution in [0.25, 0.3) is 0 Å². The summed E-state index contributed by atoms with van der Waals surface area (Å²) in [6.45, 7) is 0.706. The van der Waals surface area contributed by atoms with Gasteiger partial charge in [-0.15, -0.1) is 0 Å². The zero-order valence-electron chi connectivity index (χ0n) is 5.06. The van der Waals surface area contributed by atoms with Crippen LogP contribution in [-0.4, -0.2) is 18.8 Å². The second-order valence-corrected chi connectivity index (χ2v) is 9.10. The van der Waals surface area contributed by atoms with Crippen molar-refractivity contribution in [1.82, 2.24) is 0 Å². The molecule has 0 fully saturated rings. The van der Waals surface area contributed by atoms with Gasteiger partial charge in [-0.2, -0.15) is 0 Å². The van der Waals surface area contributed by atoms with Crippen LogP contribution in [0.15, 0.2) is 0 Å². The molecule has 0 atom stereocenters. The summed E-state index contributed by atoms with van der Waals surface area (Å²) in [5, 5.41) is 0. The Hall–Kier alpha value is 0.690. The zero-order valence-corrected chi connectivity index (χ0v) is 8.14. The molecule has 0 amide bonds. The normalized spacial score (nSPS) is 12.7. The van der Waals surface area contributed by atoms with Crippen molar-refractivity contribution in [2.45, 2.75) is 6.42 Å². The van der Waals surface area contributed by atoms with Gasteiger partial charge >= 0.3 is 0 Å². The number of ether oxygens (including phenoxy) is 1. The molecule has 0 aromatic rings. The molecule has 0 unspecified atom stereocenters. The van der Waals surface area contributed by atoms with Gasteiger partial charge in [0.2, 0.25) is 0 Å². The summed E-state index contributed by atoms with van der Waals surface area (Å²) in [4.78, 5) is 9.61. The van der Waals surface area contributed by atoms with Crippen LogP contribution in [0, 0.1) is 0 Å². The molecule has 0 saturated heterocycles. The van der Waals surface area contributed by atoms with Crippen LogP contribution in [0.1, 0.15) is 6.42 Å². The first kappa shape index (κ1) is 10.7. The Morgan fingerprint density at radius 3 is 2.40 bits per heavy atom. The van der Waals surface area contributed by atoms with Crippen LogP contribution in [0.4, 0.5) is 0 Å². The monoisotopic (exact) mass is 224 g/mol. The second-order valence-electron chi connectivity index (χ2n) is 1.53. The Morgan fingerprint density at radius 2 is 2.00 bits per heavy atom. The van der Waals surface area contributed by atoms with E-state index in [-0.39, 0.29) is 0 Å². The lowest BCUT2D eigenvalue weighted by Crippen LogP contribution is -1.94. The van der Waals surface area contributed by atoms with E-state index in [1.807, 2.05) is 0 Å². The van der Waals surface area contributed by atoms with E-state index in [2.05, 4.69) is 4.74 Å². The fourth-order valence-corrected chi connectivity index (χ4v) is 1.78. The van der Waals surface area contributed by atoms with E-state index in [0.717, 1.165) is 0 Å². The molecule has 0 aliphatic rings. The average Bonchev–Trinajstić information content (AvgIpc) is 1.78. The Labute approximate surface area is 74.6 Å². The topological polar surface area (TPSA) is 26.3 Å². The first-order chi connectivity index (χ1) is 4.56. The molecule has 6 heteroatoms. The molecule has 10 heavy (non-hydrogen) atoms. The van der Waals surface area contributed by atoms with Crippen molar-refractivity contribution in [1.29, 1.82) is 0 Å². The van der Waals surface area contributed by atoms with Gasteiger partial charge in [0.15, 0.2) is 0 Å². The minimum Gasteiger partial charge on any atom is -0.468 e. The molecule has 0 spiro atoms. The summed E-state index contributed by atoms with van der Waals surface area (Å²) in [6, 6.07) is 0. The summed E-state index contributed by atoms with van der Waals surface area (Å²) in [6.07, 6.45) is 0.602. The smallest absolute Gasteiger partial charge is 0.293 e. The molecular formula is C4H7Cl3O2S. The minimum atomic E-state index is -1.98. The van der Waals surface area contributed by atoms with Crippen LogP contribution in [0.5, 0.6) is 0 Å². The fraction of sp³-hybridized carbons (Fsp3) is 0.750. The number of hydrogen-bond acceptors (Lipinski definition) is 2. The Bertz CT molecular complexity index is 103. The molecule has 0 bridgehead atoms. The molecule has 0 aromatic heterocycles. The highest BCUT2D eigenvalue weighted by Gasteiger charge is 2.11. The van der Waals surface area contributed by atoms with Crippen LogP contribution in [0.3, 0.4) is 0 Å². The van der Waals surface area contributed by atoms with E-state index in [0.29, 0.717) is 25.3 Å². The van der Waals surface area contributed by atoms with E-state index in [9.17, 15) is 4.79 Å². The highest BCUT2D eigenvalue weighted by Crippen LogP contribution is 2.63. The van der Waals surface area contributed by atoms with Crippen molar-refractivity contribution in [3.63, 3.8) is 0 Å².